The van der Waals surface area contributed by atoms with Crippen LogP contribution in [-0.2, 0) is 4.79 Å². The number of hydrogen-bond donors (Lipinski definition) is 0. The van der Waals surface area contributed by atoms with Gasteiger partial charge in [0.1, 0.15) is 0 Å². The Morgan fingerprint density at radius 3 is 2.56 bits per heavy atom. The monoisotopic (exact) mass is 284 g/mol. The minimum absolute atomic E-state index is 0.0137. The number of carbonyl (C=O) groups is 1. The van der Waals surface area contributed by atoms with E-state index in [1.54, 1.807) is 0 Å². The molecule has 0 spiro atoms. The van der Waals surface area contributed by atoms with Crippen LogP contribution in [0.15, 0.2) is 0 Å². The van der Waals surface area contributed by atoms with Crippen LogP contribution in [0.4, 0.5) is 0 Å². The van der Waals surface area contributed by atoms with Crippen LogP contribution >= 0.6 is 15.9 Å². The summed E-state index contributed by atoms with van der Waals surface area (Å²) >= 11 is 3.85. The first kappa shape index (κ1) is 11.3. The van der Waals surface area contributed by atoms with Crippen LogP contribution in [0, 0.1) is 22.7 Å². The van der Waals surface area contributed by atoms with Crippen molar-refractivity contribution >= 4 is 21.7 Å². The van der Waals surface area contributed by atoms with Gasteiger partial charge in [0.15, 0.2) is 5.78 Å². The number of hydrogen-bond acceptors (Lipinski definition) is 1. The Labute approximate surface area is 106 Å². The lowest BCUT2D eigenvalue weighted by Crippen LogP contribution is -2.43. The van der Waals surface area contributed by atoms with Gasteiger partial charge in [0.2, 0.25) is 0 Å². The molecule has 0 amide bonds. The minimum Gasteiger partial charge on any atom is -0.297 e. The highest BCUT2D eigenvalue weighted by molar-refractivity contribution is 9.10. The number of Topliss-reactive ketones (excluding diaryl/α,β-unsaturated/α-hetero) is 1. The van der Waals surface area contributed by atoms with E-state index in [-0.39, 0.29) is 9.74 Å². The highest BCUT2D eigenvalue weighted by atomic mass is 79.9. The fourth-order valence-corrected chi connectivity index (χ4v) is 6.74. The third-order valence-electron chi connectivity index (χ3n) is 5.79. The standard InChI is InChI=1S/C14H21BrO/c1-12(2)6-4-7-13(3)9-5-8-14(15,10(9)12)11(13)16/h9-10H,4-8H2,1-3H3. The summed E-state index contributed by atoms with van der Waals surface area (Å²) < 4.78 is -0.170. The first-order valence-corrected chi connectivity index (χ1v) is 7.35. The summed E-state index contributed by atoms with van der Waals surface area (Å²) in [7, 11) is 0. The molecule has 16 heavy (non-hydrogen) atoms. The first-order chi connectivity index (χ1) is 7.32. The predicted molar refractivity (Wildman–Crippen MR) is 68.6 cm³/mol. The van der Waals surface area contributed by atoms with E-state index in [1.807, 2.05) is 0 Å². The largest absolute Gasteiger partial charge is 0.297 e. The average molecular weight is 285 g/mol. The second kappa shape index (κ2) is 2.93. The third-order valence-corrected chi connectivity index (χ3v) is 7.04. The maximum Gasteiger partial charge on any atom is 0.155 e. The van der Waals surface area contributed by atoms with Crippen molar-refractivity contribution in [3.63, 3.8) is 0 Å². The molecule has 2 heteroatoms. The Hall–Kier alpha value is 0.150. The molecule has 0 N–H and O–H groups in total. The highest BCUT2D eigenvalue weighted by Gasteiger charge is 2.71. The molecular weight excluding hydrogens is 264 g/mol. The lowest BCUT2D eigenvalue weighted by Gasteiger charge is -2.38. The molecule has 4 bridgehead atoms. The van der Waals surface area contributed by atoms with Gasteiger partial charge in [-0.05, 0) is 42.9 Å². The van der Waals surface area contributed by atoms with E-state index in [0.29, 0.717) is 23.0 Å². The summed E-state index contributed by atoms with van der Waals surface area (Å²) in [5.41, 5.74) is 0.314. The lowest BCUT2D eigenvalue weighted by atomic mass is 9.70. The molecule has 0 aromatic heterocycles. The molecule has 0 heterocycles. The maximum atomic E-state index is 12.7. The van der Waals surface area contributed by atoms with Crippen LogP contribution in [0.1, 0.15) is 52.9 Å². The van der Waals surface area contributed by atoms with Crippen molar-refractivity contribution in [3.05, 3.63) is 0 Å². The molecule has 4 atom stereocenters. The van der Waals surface area contributed by atoms with Crippen LogP contribution in [0.25, 0.3) is 0 Å². The molecule has 3 saturated carbocycles. The van der Waals surface area contributed by atoms with Gasteiger partial charge in [-0.3, -0.25) is 4.79 Å². The molecule has 0 saturated heterocycles. The van der Waals surface area contributed by atoms with Gasteiger partial charge in [-0.25, -0.2) is 0 Å². The minimum atomic E-state index is -0.170. The average Bonchev–Trinajstić information content (AvgIpc) is 2.57. The summed E-state index contributed by atoms with van der Waals surface area (Å²) in [6.45, 7) is 6.98. The summed E-state index contributed by atoms with van der Waals surface area (Å²) in [4.78, 5) is 12.7. The fourth-order valence-electron chi connectivity index (χ4n) is 5.12. The molecular formula is C14H21BrO. The van der Waals surface area contributed by atoms with Gasteiger partial charge in [0.25, 0.3) is 0 Å². The SMILES string of the molecule is CC1(C)CCCC2(C)C(=O)C3(Br)CCC2C13. The zero-order valence-corrected chi connectivity index (χ0v) is 12.1. The van der Waals surface area contributed by atoms with Crippen molar-refractivity contribution in [2.45, 2.75) is 57.2 Å². The molecule has 90 valence electrons. The van der Waals surface area contributed by atoms with Crippen molar-refractivity contribution in [2.24, 2.45) is 22.7 Å². The number of alkyl halides is 1. The van der Waals surface area contributed by atoms with Gasteiger partial charge in [-0.2, -0.15) is 0 Å². The maximum absolute atomic E-state index is 12.7. The molecule has 3 fully saturated rings. The summed E-state index contributed by atoms with van der Waals surface area (Å²) in [6, 6.07) is 0. The number of rotatable bonds is 0. The molecule has 4 unspecified atom stereocenters. The van der Waals surface area contributed by atoms with Crippen LogP contribution in [0.2, 0.25) is 0 Å². The zero-order chi connectivity index (χ0) is 11.8. The Balaban J connectivity index is 2.17. The van der Waals surface area contributed by atoms with E-state index in [0.717, 1.165) is 12.8 Å². The molecule has 3 rings (SSSR count). The van der Waals surface area contributed by atoms with Crippen molar-refractivity contribution in [1.29, 1.82) is 0 Å². The predicted octanol–water partition coefficient (Wildman–Crippen LogP) is 3.95. The first-order valence-electron chi connectivity index (χ1n) is 6.56. The topological polar surface area (TPSA) is 17.1 Å². The van der Waals surface area contributed by atoms with Gasteiger partial charge >= 0.3 is 0 Å². The van der Waals surface area contributed by atoms with Crippen LogP contribution in [0.3, 0.4) is 0 Å². The Bertz CT molecular complexity index is 362. The normalized spacial score (nSPS) is 54.1. The van der Waals surface area contributed by atoms with Crippen molar-refractivity contribution in [3.8, 4) is 0 Å². The Kier molecular flexibility index (Phi) is 2.06. The second-order valence-electron chi connectivity index (χ2n) is 7.07. The van der Waals surface area contributed by atoms with Crippen molar-refractivity contribution in [1.82, 2.24) is 0 Å². The van der Waals surface area contributed by atoms with E-state index in [4.69, 9.17) is 0 Å². The van der Waals surface area contributed by atoms with E-state index in [2.05, 4.69) is 36.7 Å². The summed E-state index contributed by atoms with van der Waals surface area (Å²) in [6.07, 6.45) is 5.95. The van der Waals surface area contributed by atoms with E-state index >= 15 is 0 Å². The second-order valence-corrected chi connectivity index (χ2v) is 8.49. The van der Waals surface area contributed by atoms with Crippen LogP contribution < -0.4 is 0 Å². The fraction of sp³-hybridized carbons (Fsp3) is 0.929. The van der Waals surface area contributed by atoms with Crippen molar-refractivity contribution < 1.29 is 4.79 Å². The Morgan fingerprint density at radius 1 is 1.19 bits per heavy atom. The molecule has 3 aliphatic carbocycles. The highest BCUT2D eigenvalue weighted by Crippen LogP contribution is 2.70. The van der Waals surface area contributed by atoms with Gasteiger partial charge < -0.3 is 0 Å². The van der Waals surface area contributed by atoms with Crippen LogP contribution in [-0.4, -0.2) is 10.1 Å². The smallest absolute Gasteiger partial charge is 0.155 e. The molecule has 0 radical (unpaired) electrons. The summed E-state index contributed by atoms with van der Waals surface area (Å²) in [5.74, 6) is 1.73. The molecule has 1 nitrogen and oxygen atoms in total. The van der Waals surface area contributed by atoms with Crippen molar-refractivity contribution in [2.75, 3.05) is 0 Å². The molecule has 0 aromatic carbocycles. The number of carbonyl (C=O) groups excluding carboxylic acids is 1. The van der Waals surface area contributed by atoms with E-state index < -0.39 is 0 Å². The van der Waals surface area contributed by atoms with Gasteiger partial charge in [0, 0.05) is 5.41 Å². The van der Waals surface area contributed by atoms with Crippen LogP contribution in [0.5, 0.6) is 0 Å². The van der Waals surface area contributed by atoms with E-state index in [9.17, 15) is 4.79 Å². The van der Waals surface area contributed by atoms with Gasteiger partial charge in [-0.1, -0.05) is 43.1 Å². The Morgan fingerprint density at radius 2 is 1.88 bits per heavy atom. The lowest BCUT2D eigenvalue weighted by molar-refractivity contribution is -0.130. The zero-order valence-electron chi connectivity index (χ0n) is 10.5. The summed E-state index contributed by atoms with van der Waals surface area (Å²) in [5, 5.41) is 0. The molecule has 3 aliphatic rings. The molecule has 0 aromatic rings. The van der Waals surface area contributed by atoms with Gasteiger partial charge in [-0.15, -0.1) is 0 Å². The third kappa shape index (κ3) is 1.06. The van der Waals surface area contributed by atoms with Gasteiger partial charge in [0.05, 0.1) is 4.32 Å². The quantitative estimate of drug-likeness (QED) is 0.616. The van der Waals surface area contributed by atoms with E-state index in [1.165, 1.54) is 19.3 Å². The number of halogens is 1. The number of ketones is 1. The molecule has 0 aliphatic heterocycles.